The van der Waals surface area contributed by atoms with Crippen LogP contribution in [0, 0.1) is 4.84 Å². The zero-order valence-electron chi connectivity index (χ0n) is 14.7. The third-order valence-electron chi connectivity index (χ3n) is 4.25. The van der Waals surface area contributed by atoms with Crippen LogP contribution in [0.25, 0.3) is 0 Å². The van der Waals surface area contributed by atoms with Crippen molar-refractivity contribution in [1.82, 2.24) is 19.6 Å². The third kappa shape index (κ3) is 4.95. The predicted molar refractivity (Wildman–Crippen MR) is 92.9 cm³/mol. The first-order valence-electron chi connectivity index (χ1n) is 8.41. The number of nitrogens with zero attached hydrogens (tertiary/aromatic N) is 4. The Morgan fingerprint density at radius 3 is 2.59 bits per heavy atom. The molecule has 1 aromatic heterocycles. The smallest absolute Gasteiger partial charge is 0.412 e. The number of alkyl halides is 3. The van der Waals surface area contributed by atoms with Gasteiger partial charge in [-0.25, -0.2) is 4.68 Å². The number of carbonyl (C=O) groups is 1. The molecule has 1 saturated heterocycles. The van der Waals surface area contributed by atoms with Crippen molar-refractivity contribution in [3.8, 4) is 0 Å². The van der Waals surface area contributed by atoms with E-state index in [0.717, 1.165) is 24.1 Å². The van der Waals surface area contributed by atoms with Gasteiger partial charge in [0.25, 0.3) is 4.84 Å². The van der Waals surface area contributed by atoms with Gasteiger partial charge in [-0.05, 0) is 43.4 Å². The van der Waals surface area contributed by atoms with Crippen molar-refractivity contribution in [2.75, 3.05) is 13.6 Å². The van der Waals surface area contributed by atoms with Gasteiger partial charge in [0, 0.05) is 19.5 Å². The Balaban J connectivity index is 1.60. The molecule has 1 aliphatic heterocycles. The Bertz CT molecular complexity index is 860. The lowest BCUT2D eigenvalue weighted by Crippen LogP contribution is -2.25. The number of hydrogen-bond acceptors (Lipinski definition) is 5. The lowest BCUT2D eigenvalue weighted by atomic mass is 10.1. The first kappa shape index (κ1) is 19.6. The molecule has 1 aromatic carbocycles. The maximum atomic E-state index is 12.6. The van der Waals surface area contributed by atoms with Gasteiger partial charge >= 0.3 is 6.18 Å². The van der Waals surface area contributed by atoms with Gasteiger partial charge in [-0.2, -0.15) is 13.2 Å². The molecular formula is C17H19F3N4O2S. The molecule has 2 heterocycles. The minimum atomic E-state index is -4.34. The fraction of sp³-hybridized carbons (Fsp3) is 0.471. The summed E-state index contributed by atoms with van der Waals surface area (Å²) in [4.78, 5) is 15.4. The van der Waals surface area contributed by atoms with Crippen LogP contribution in [0.5, 0.6) is 0 Å². The van der Waals surface area contributed by atoms with Crippen molar-refractivity contribution >= 4 is 18.1 Å². The normalized spacial score (nSPS) is 15.1. The molecular weight excluding hydrogens is 381 g/mol. The highest BCUT2D eigenvalue weighted by atomic mass is 32.1. The van der Waals surface area contributed by atoms with Crippen LogP contribution < -0.4 is 0 Å². The fourth-order valence-electron chi connectivity index (χ4n) is 2.93. The van der Waals surface area contributed by atoms with Crippen molar-refractivity contribution in [2.24, 2.45) is 0 Å². The molecule has 27 heavy (non-hydrogen) atoms. The molecule has 0 unspecified atom stereocenters. The van der Waals surface area contributed by atoms with Crippen molar-refractivity contribution in [1.29, 1.82) is 0 Å². The van der Waals surface area contributed by atoms with Crippen LogP contribution in [0.4, 0.5) is 13.2 Å². The molecule has 0 spiro atoms. The number of benzene rings is 1. The zero-order chi connectivity index (χ0) is 19.6. The van der Waals surface area contributed by atoms with E-state index in [-0.39, 0.29) is 17.3 Å². The SMILES string of the molecule is CN(Cc1ccc(C(F)(F)F)cc1)Cn1nc(CN2CCCC2=O)oc1=S. The zero-order valence-corrected chi connectivity index (χ0v) is 15.5. The first-order valence-corrected chi connectivity index (χ1v) is 8.82. The second-order valence-corrected chi connectivity index (χ2v) is 6.88. The maximum absolute atomic E-state index is 12.6. The van der Waals surface area contributed by atoms with Crippen LogP contribution in [0.2, 0.25) is 0 Å². The minimum Gasteiger partial charge on any atom is -0.412 e. The fourth-order valence-corrected chi connectivity index (χ4v) is 3.12. The van der Waals surface area contributed by atoms with Crippen LogP contribution in [-0.2, 0) is 30.7 Å². The largest absolute Gasteiger partial charge is 0.416 e. The number of aromatic nitrogens is 2. The standard InChI is InChI=1S/C17H19F3N4O2S/c1-22(9-12-4-6-13(7-5-12)17(18,19)20)11-24-16(27)26-14(21-24)10-23-8-2-3-15(23)25/h4-7H,2-3,8-11H2,1H3. The molecule has 0 bridgehead atoms. The van der Waals surface area contributed by atoms with Crippen LogP contribution in [-0.4, -0.2) is 39.1 Å². The summed E-state index contributed by atoms with van der Waals surface area (Å²) in [5.41, 5.74) is 0.0668. The van der Waals surface area contributed by atoms with Crippen LogP contribution in [0.3, 0.4) is 0 Å². The number of likely N-dealkylation sites (tertiary alicyclic amines) is 1. The van der Waals surface area contributed by atoms with Crippen LogP contribution in [0.15, 0.2) is 28.7 Å². The maximum Gasteiger partial charge on any atom is 0.416 e. The monoisotopic (exact) mass is 400 g/mol. The molecule has 1 fully saturated rings. The molecule has 6 nitrogen and oxygen atoms in total. The van der Waals surface area contributed by atoms with E-state index in [0.29, 0.717) is 32.1 Å². The van der Waals surface area contributed by atoms with Crippen LogP contribution in [0.1, 0.15) is 29.9 Å². The van der Waals surface area contributed by atoms with Gasteiger partial charge in [0.15, 0.2) is 0 Å². The molecule has 0 aliphatic carbocycles. The predicted octanol–water partition coefficient (Wildman–Crippen LogP) is 3.44. The Labute approximate surface area is 159 Å². The number of halogens is 3. The van der Waals surface area contributed by atoms with Crippen molar-refractivity contribution in [3.63, 3.8) is 0 Å². The first-order chi connectivity index (χ1) is 12.7. The summed E-state index contributed by atoms with van der Waals surface area (Å²) in [6, 6.07) is 5.03. The van der Waals surface area contributed by atoms with E-state index in [4.69, 9.17) is 16.6 Å². The molecule has 0 atom stereocenters. The Morgan fingerprint density at radius 1 is 1.30 bits per heavy atom. The summed E-state index contributed by atoms with van der Waals surface area (Å²) in [6.07, 6.45) is -2.97. The summed E-state index contributed by atoms with van der Waals surface area (Å²) in [6.45, 7) is 1.71. The van der Waals surface area contributed by atoms with Gasteiger partial charge in [-0.1, -0.05) is 12.1 Å². The number of hydrogen-bond donors (Lipinski definition) is 0. The van der Waals surface area contributed by atoms with E-state index in [1.807, 2.05) is 4.90 Å². The van der Waals surface area contributed by atoms with E-state index < -0.39 is 11.7 Å². The molecule has 3 rings (SSSR count). The Kier molecular flexibility index (Phi) is 5.66. The quantitative estimate of drug-likeness (QED) is 0.696. The molecule has 146 valence electrons. The molecule has 0 saturated carbocycles. The summed E-state index contributed by atoms with van der Waals surface area (Å²) < 4.78 is 44.8. The van der Waals surface area contributed by atoms with Gasteiger partial charge in [0.1, 0.15) is 0 Å². The molecule has 2 aromatic rings. The van der Waals surface area contributed by atoms with Gasteiger partial charge in [0.05, 0.1) is 18.8 Å². The van der Waals surface area contributed by atoms with Gasteiger partial charge in [-0.15, -0.1) is 5.10 Å². The average Bonchev–Trinajstić information content (AvgIpc) is 3.13. The second-order valence-electron chi connectivity index (χ2n) is 6.53. The Morgan fingerprint density at radius 2 is 2.00 bits per heavy atom. The highest BCUT2D eigenvalue weighted by Gasteiger charge is 2.30. The highest BCUT2D eigenvalue weighted by Crippen LogP contribution is 2.29. The summed E-state index contributed by atoms with van der Waals surface area (Å²) in [7, 11) is 1.80. The Hall–Kier alpha value is -2.20. The summed E-state index contributed by atoms with van der Waals surface area (Å²) >= 11 is 5.16. The lowest BCUT2D eigenvalue weighted by Gasteiger charge is -2.16. The molecule has 0 radical (unpaired) electrons. The molecule has 1 aliphatic rings. The summed E-state index contributed by atoms with van der Waals surface area (Å²) in [5, 5.41) is 4.30. The lowest BCUT2D eigenvalue weighted by molar-refractivity contribution is -0.137. The van der Waals surface area contributed by atoms with E-state index >= 15 is 0 Å². The number of carbonyl (C=O) groups excluding carboxylic acids is 1. The van der Waals surface area contributed by atoms with E-state index in [9.17, 15) is 18.0 Å². The molecule has 0 N–H and O–H groups in total. The molecule has 10 heteroatoms. The van der Waals surface area contributed by atoms with Gasteiger partial charge < -0.3 is 9.32 Å². The number of rotatable bonds is 6. The van der Waals surface area contributed by atoms with Crippen molar-refractivity contribution in [2.45, 2.75) is 38.8 Å². The van der Waals surface area contributed by atoms with Gasteiger partial charge in [0.2, 0.25) is 11.8 Å². The van der Waals surface area contributed by atoms with E-state index in [1.165, 1.54) is 16.8 Å². The number of amides is 1. The highest BCUT2D eigenvalue weighted by molar-refractivity contribution is 7.71. The molecule has 1 amide bonds. The second kappa shape index (κ2) is 7.81. The summed E-state index contributed by atoms with van der Waals surface area (Å²) in [5.74, 6) is 0.447. The third-order valence-corrected chi connectivity index (χ3v) is 4.55. The minimum absolute atomic E-state index is 0.0742. The van der Waals surface area contributed by atoms with Crippen LogP contribution >= 0.6 is 12.2 Å². The average molecular weight is 400 g/mol. The van der Waals surface area contributed by atoms with E-state index in [2.05, 4.69) is 5.10 Å². The van der Waals surface area contributed by atoms with Crippen molar-refractivity contribution in [3.05, 3.63) is 46.1 Å². The van der Waals surface area contributed by atoms with Crippen molar-refractivity contribution < 1.29 is 22.4 Å². The topological polar surface area (TPSA) is 54.5 Å². The van der Waals surface area contributed by atoms with Gasteiger partial charge in [-0.3, -0.25) is 9.69 Å². The van der Waals surface area contributed by atoms with E-state index in [1.54, 1.807) is 11.9 Å².